The lowest BCUT2D eigenvalue weighted by molar-refractivity contribution is -0.118. The van der Waals surface area contributed by atoms with Gasteiger partial charge in [0.2, 0.25) is 5.78 Å². The zero-order chi connectivity index (χ0) is 11.2. The van der Waals surface area contributed by atoms with E-state index < -0.39 is 0 Å². The van der Waals surface area contributed by atoms with E-state index in [0.717, 1.165) is 39.1 Å². The van der Waals surface area contributed by atoms with Crippen molar-refractivity contribution >= 4 is 5.78 Å². The van der Waals surface area contributed by atoms with Crippen molar-refractivity contribution in [2.45, 2.75) is 32.1 Å². The molecule has 2 fully saturated rings. The van der Waals surface area contributed by atoms with Crippen LogP contribution in [0, 0.1) is 17.9 Å². The molecule has 1 aliphatic heterocycles. The predicted molar refractivity (Wildman–Crippen MR) is 61.8 cm³/mol. The fourth-order valence-electron chi connectivity index (χ4n) is 2.28. The lowest BCUT2D eigenvalue weighted by Gasteiger charge is -2.22. The van der Waals surface area contributed by atoms with Crippen molar-refractivity contribution < 1.29 is 9.53 Å². The van der Waals surface area contributed by atoms with Crippen molar-refractivity contribution in [3.8, 4) is 12.0 Å². The largest absolute Gasteiger partial charge is 0.378 e. The topological polar surface area (TPSA) is 29.5 Å². The van der Waals surface area contributed by atoms with Crippen LogP contribution >= 0.6 is 0 Å². The maximum atomic E-state index is 11.8. The molecule has 0 spiro atoms. The molecule has 0 amide bonds. The van der Waals surface area contributed by atoms with Crippen molar-refractivity contribution in [3.63, 3.8) is 0 Å². The normalized spacial score (nSPS) is 22.4. The van der Waals surface area contributed by atoms with Gasteiger partial charge in [0.05, 0.1) is 13.2 Å². The van der Waals surface area contributed by atoms with Crippen LogP contribution in [0.3, 0.4) is 0 Å². The molecule has 0 aromatic rings. The highest BCUT2D eigenvalue weighted by molar-refractivity contribution is 5.97. The zero-order valence-electron chi connectivity index (χ0n) is 9.71. The number of hydrogen-bond donors (Lipinski definition) is 0. The third-order valence-electron chi connectivity index (χ3n) is 3.32. The highest BCUT2D eigenvalue weighted by Gasteiger charge is 2.19. The van der Waals surface area contributed by atoms with E-state index in [1.807, 2.05) is 4.90 Å². The first-order valence-corrected chi connectivity index (χ1v) is 6.24. The van der Waals surface area contributed by atoms with Gasteiger partial charge in [0.1, 0.15) is 0 Å². The van der Waals surface area contributed by atoms with Crippen LogP contribution in [-0.4, -0.2) is 37.0 Å². The molecule has 2 aliphatic rings. The summed E-state index contributed by atoms with van der Waals surface area (Å²) in [5.74, 6) is 3.16. The molecule has 0 aromatic carbocycles. The molecule has 1 aliphatic carbocycles. The molecule has 0 atom stereocenters. The monoisotopic (exact) mass is 221 g/mol. The second-order valence-corrected chi connectivity index (χ2v) is 4.54. The summed E-state index contributed by atoms with van der Waals surface area (Å²) >= 11 is 0. The molecule has 88 valence electrons. The Bertz CT molecular complexity index is 291. The Morgan fingerprint density at radius 1 is 1.12 bits per heavy atom. The van der Waals surface area contributed by atoms with Gasteiger partial charge in [-0.2, -0.15) is 0 Å². The minimum absolute atomic E-state index is 0.145. The third kappa shape index (κ3) is 3.24. The van der Waals surface area contributed by atoms with E-state index in [2.05, 4.69) is 12.0 Å². The average molecular weight is 221 g/mol. The standard InChI is InChI=1S/C13H19NO2/c15-13(12-4-2-1-3-5-12)6-7-14-8-10-16-11-9-14/h12H,1-5,8-11H2. The van der Waals surface area contributed by atoms with Crippen molar-refractivity contribution in [2.75, 3.05) is 26.3 Å². The molecule has 0 N–H and O–H groups in total. The Labute approximate surface area is 97.1 Å². The van der Waals surface area contributed by atoms with Crippen LogP contribution in [0.4, 0.5) is 0 Å². The lowest BCUT2D eigenvalue weighted by atomic mass is 9.86. The molecule has 0 radical (unpaired) electrons. The van der Waals surface area contributed by atoms with Crippen LogP contribution < -0.4 is 0 Å². The van der Waals surface area contributed by atoms with E-state index in [-0.39, 0.29) is 11.7 Å². The summed E-state index contributed by atoms with van der Waals surface area (Å²) in [6.45, 7) is 3.11. The van der Waals surface area contributed by atoms with Gasteiger partial charge in [-0.05, 0) is 18.8 Å². The van der Waals surface area contributed by atoms with E-state index in [9.17, 15) is 4.79 Å². The van der Waals surface area contributed by atoms with Gasteiger partial charge in [0.25, 0.3) is 0 Å². The quantitative estimate of drug-likeness (QED) is 0.627. The molecule has 1 saturated heterocycles. The number of ether oxygens (including phenoxy) is 1. The highest BCUT2D eigenvalue weighted by atomic mass is 16.5. The fraction of sp³-hybridized carbons (Fsp3) is 0.769. The van der Waals surface area contributed by atoms with Gasteiger partial charge in [-0.1, -0.05) is 19.3 Å². The van der Waals surface area contributed by atoms with Crippen LogP contribution in [0.25, 0.3) is 0 Å². The van der Waals surface area contributed by atoms with Crippen LogP contribution in [0.1, 0.15) is 32.1 Å². The van der Waals surface area contributed by atoms with Gasteiger partial charge in [-0.3, -0.25) is 4.79 Å². The molecule has 1 saturated carbocycles. The molecule has 2 rings (SSSR count). The number of hydrogen-bond acceptors (Lipinski definition) is 3. The van der Waals surface area contributed by atoms with Gasteiger partial charge >= 0.3 is 0 Å². The first-order valence-electron chi connectivity index (χ1n) is 6.24. The summed E-state index contributed by atoms with van der Waals surface area (Å²) in [5.41, 5.74) is 0. The zero-order valence-corrected chi connectivity index (χ0v) is 9.71. The maximum Gasteiger partial charge on any atom is 0.210 e. The van der Waals surface area contributed by atoms with E-state index in [4.69, 9.17) is 4.74 Å². The van der Waals surface area contributed by atoms with E-state index >= 15 is 0 Å². The second-order valence-electron chi connectivity index (χ2n) is 4.54. The number of Topliss-reactive ketones (excluding diaryl/α,β-unsaturated/α-hetero) is 1. The van der Waals surface area contributed by atoms with Gasteiger partial charge in [-0.15, -0.1) is 0 Å². The Hall–Kier alpha value is -1.01. The van der Waals surface area contributed by atoms with Gasteiger partial charge < -0.3 is 9.64 Å². The van der Waals surface area contributed by atoms with Crippen molar-refractivity contribution in [1.29, 1.82) is 0 Å². The molecule has 0 aromatic heterocycles. The fourth-order valence-corrected chi connectivity index (χ4v) is 2.28. The molecule has 0 unspecified atom stereocenters. The van der Waals surface area contributed by atoms with Crippen LogP contribution in [-0.2, 0) is 9.53 Å². The summed E-state index contributed by atoms with van der Waals surface area (Å²) < 4.78 is 5.23. The predicted octanol–water partition coefficient (Wildman–Crippen LogP) is 1.43. The molecule has 1 heterocycles. The number of carbonyl (C=O) groups excluding carboxylic acids is 1. The Morgan fingerprint density at radius 2 is 1.81 bits per heavy atom. The van der Waals surface area contributed by atoms with Crippen LogP contribution in [0.5, 0.6) is 0 Å². The summed E-state index contributed by atoms with van der Waals surface area (Å²) in [5, 5.41) is 0. The lowest BCUT2D eigenvalue weighted by Crippen LogP contribution is -2.32. The summed E-state index contributed by atoms with van der Waals surface area (Å²) in [6, 6.07) is 2.97. The van der Waals surface area contributed by atoms with E-state index in [1.165, 1.54) is 19.3 Å². The van der Waals surface area contributed by atoms with Crippen molar-refractivity contribution in [3.05, 3.63) is 0 Å². The molecule has 16 heavy (non-hydrogen) atoms. The Morgan fingerprint density at radius 3 is 2.50 bits per heavy atom. The van der Waals surface area contributed by atoms with Gasteiger partial charge in [0.15, 0.2) is 0 Å². The highest BCUT2D eigenvalue weighted by Crippen LogP contribution is 2.23. The molecule has 3 nitrogen and oxygen atoms in total. The first-order chi connectivity index (χ1) is 7.86. The average Bonchev–Trinajstić information content (AvgIpc) is 2.38. The molecular weight excluding hydrogens is 202 g/mol. The summed E-state index contributed by atoms with van der Waals surface area (Å²) in [6.07, 6.45) is 5.74. The number of morpholine rings is 1. The van der Waals surface area contributed by atoms with Crippen LogP contribution in [0.15, 0.2) is 0 Å². The molecular formula is C13H19NO2. The molecule has 0 bridgehead atoms. The minimum Gasteiger partial charge on any atom is -0.378 e. The Balaban J connectivity index is 1.82. The Kier molecular flexibility index (Phi) is 4.24. The molecule has 3 heteroatoms. The third-order valence-corrected chi connectivity index (χ3v) is 3.32. The second kappa shape index (κ2) is 5.91. The van der Waals surface area contributed by atoms with E-state index in [0.29, 0.717) is 0 Å². The smallest absolute Gasteiger partial charge is 0.210 e. The van der Waals surface area contributed by atoms with Crippen molar-refractivity contribution in [2.24, 2.45) is 5.92 Å². The van der Waals surface area contributed by atoms with Crippen LogP contribution in [0.2, 0.25) is 0 Å². The SMILES string of the molecule is O=C(C#CN1CCOCC1)C1CCCCC1. The van der Waals surface area contributed by atoms with Crippen molar-refractivity contribution in [1.82, 2.24) is 4.90 Å². The maximum absolute atomic E-state index is 11.8. The first kappa shape index (κ1) is 11.5. The van der Waals surface area contributed by atoms with Gasteiger partial charge in [-0.25, -0.2) is 0 Å². The summed E-state index contributed by atoms with van der Waals surface area (Å²) in [7, 11) is 0. The number of ketones is 1. The minimum atomic E-state index is 0.145. The number of carbonyl (C=O) groups is 1. The van der Waals surface area contributed by atoms with E-state index in [1.54, 1.807) is 0 Å². The number of nitrogens with zero attached hydrogens (tertiary/aromatic N) is 1. The number of rotatable bonds is 1. The van der Waals surface area contributed by atoms with Gasteiger partial charge in [0, 0.05) is 25.1 Å². The summed E-state index contributed by atoms with van der Waals surface area (Å²) in [4.78, 5) is 13.8.